The van der Waals surface area contributed by atoms with Gasteiger partial charge >= 0.3 is 0 Å². The molecule has 1 rings (SSSR count). The molecule has 0 aliphatic heterocycles. The largest absolute Gasteiger partial charge is 0.396 e. The number of hydrogen-bond acceptors (Lipinski definition) is 3. The summed E-state index contributed by atoms with van der Waals surface area (Å²) in [7, 11) is 0. The SMILES string of the molecule is CCOCCCNC1CCCCC1CO. The number of aliphatic hydroxyl groups excluding tert-OH is 1. The summed E-state index contributed by atoms with van der Waals surface area (Å²) in [6.45, 7) is 5.03. The first kappa shape index (κ1) is 12.9. The van der Waals surface area contributed by atoms with Crippen LogP contribution >= 0.6 is 0 Å². The van der Waals surface area contributed by atoms with Crippen molar-refractivity contribution in [2.45, 2.75) is 45.1 Å². The molecule has 3 nitrogen and oxygen atoms in total. The summed E-state index contributed by atoms with van der Waals surface area (Å²) in [6, 6.07) is 0.533. The van der Waals surface area contributed by atoms with Crippen molar-refractivity contribution >= 4 is 0 Å². The summed E-state index contributed by atoms with van der Waals surface area (Å²) in [5.41, 5.74) is 0. The van der Waals surface area contributed by atoms with E-state index in [4.69, 9.17) is 4.74 Å². The molecule has 2 unspecified atom stereocenters. The molecule has 1 fully saturated rings. The predicted octanol–water partition coefficient (Wildman–Crippen LogP) is 1.55. The second-order valence-corrected chi connectivity index (χ2v) is 4.34. The average molecular weight is 215 g/mol. The minimum Gasteiger partial charge on any atom is -0.396 e. The summed E-state index contributed by atoms with van der Waals surface area (Å²) in [4.78, 5) is 0. The minimum atomic E-state index is 0.336. The molecule has 0 radical (unpaired) electrons. The van der Waals surface area contributed by atoms with E-state index in [0.717, 1.165) is 26.2 Å². The fourth-order valence-electron chi connectivity index (χ4n) is 2.30. The standard InChI is InChI=1S/C12H25NO2/c1-2-15-9-5-8-13-12-7-4-3-6-11(12)10-14/h11-14H,2-10H2,1H3. The average Bonchev–Trinajstić information content (AvgIpc) is 2.29. The van der Waals surface area contributed by atoms with Gasteiger partial charge in [-0.05, 0) is 38.6 Å². The van der Waals surface area contributed by atoms with Crippen LogP contribution in [0.1, 0.15) is 39.0 Å². The number of rotatable bonds is 7. The van der Waals surface area contributed by atoms with Crippen molar-refractivity contribution in [2.75, 3.05) is 26.4 Å². The molecule has 90 valence electrons. The molecule has 0 spiro atoms. The lowest BCUT2D eigenvalue weighted by molar-refractivity contribution is 0.133. The Bertz CT molecular complexity index is 153. The second-order valence-electron chi connectivity index (χ2n) is 4.34. The lowest BCUT2D eigenvalue weighted by atomic mass is 9.85. The van der Waals surface area contributed by atoms with E-state index >= 15 is 0 Å². The van der Waals surface area contributed by atoms with Gasteiger partial charge in [0.2, 0.25) is 0 Å². The second kappa shape index (κ2) is 8.08. The fraction of sp³-hybridized carbons (Fsp3) is 1.00. The molecule has 1 saturated carbocycles. The molecule has 2 atom stereocenters. The fourth-order valence-corrected chi connectivity index (χ4v) is 2.30. The molecule has 15 heavy (non-hydrogen) atoms. The van der Waals surface area contributed by atoms with Crippen LogP contribution in [0.15, 0.2) is 0 Å². The third-order valence-electron chi connectivity index (χ3n) is 3.22. The summed E-state index contributed by atoms with van der Waals surface area (Å²) in [5.74, 6) is 0.478. The molecular formula is C12H25NO2. The monoisotopic (exact) mass is 215 g/mol. The maximum absolute atomic E-state index is 9.24. The summed E-state index contributed by atoms with van der Waals surface area (Å²) in [6.07, 6.45) is 6.06. The van der Waals surface area contributed by atoms with Crippen molar-refractivity contribution in [3.63, 3.8) is 0 Å². The Kier molecular flexibility index (Phi) is 6.98. The number of ether oxygens (including phenoxy) is 1. The first-order chi connectivity index (χ1) is 7.38. The van der Waals surface area contributed by atoms with Gasteiger partial charge in [-0.25, -0.2) is 0 Å². The van der Waals surface area contributed by atoms with E-state index in [1.807, 2.05) is 6.92 Å². The Morgan fingerprint density at radius 3 is 2.87 bits per heavy atom. The molecule has 0 aromatic heterocycles. The Morgan fingerprint density at radius 2 is 2.13 bits per heavy atom. The third-order valence-corrected chi connectivity index (χ3v) is 3.22. The Labute approximate surface area is 93.2 Å². The topological polar surface area (TPSA) is 41.5 Å². The van der Waals surface area contributed by atoms with Gasteiger partial charge in [0, 0.05) is 25.9 Å². The van der Waals surface area contributed by atoms with Crippen molar-refractivity contribution in [1.29, 1.82) is 0 Å². The minimum absolute atomic E-state index is 0.336. The molecule has 1 aliphatic carbocycles. The van der Waals surface area contributed by atoms with Gasteiger partial charge in [-0.15, -0.1) is 0 Å². The van der Waals surface area contributed by atoms with Crippen molar-refractivity contribution < 1.29 is 9.84 Å². The van der Waals surface area contributed by atoms with Gasteiger partial charge < -0.3 is 15.2 Å². The highest BCUT2D eigenvalue weighted by atomic mass is 16.5. The van der Waals surface area contributed by atoms with Crippen LogP contribution in [0.3, 0.4) is 0 Å². The van der Waals surface area contributed by atoms with Gasteiger partial charge in [0.05, 0.1) is 0 Å². The van der Waals surface area contributed by atoms with Crippen LogP contribution in [0.25, 0.3) is 0 Å². The van der Waals surface area contributed by atoms with E-state index in [9.17, 15) is 5.11 Å². The zero-order chi connectivity index (χ0) is 10.9. The zero-order valence-corrected chi connectivity index (χ0v) is 9.87. The van der Waals surface area contributed by atoms with E-state index < -0.39 is 0 Å². The van der Waals surface area contributed by atoms with Crippen LogP contribution in [0, 0.1) is 5.92 Å². The van der Waals surface area contributed by atoms with Crippen LogP contribution in [0.4, 0.5) is 0 Å². The summed E-state index contributed by atoms with van der Waals surface area (Å²) < 4.78 is 5.29. The smallest absolute Gasteiger partial charge is 0.0477 e. The molecule has 3 heteroatoms. The predicted molar refractivity (Wildman–Crippen MR) is 61.9 cm³/mol. The van der Waals surface area contributed by atoms with E-state index in [-0.39, 0.29) is 0 Å². The number of nitrogens with one attached hydrogen (secondary N) is 1. The van der Waals surface area contributed by atoms with Gasteiger partial charge in [0.25, 0.3) is 0 Å². The van der Waals surface area contributed by atoms with Gasteiger partial charge in [-0.2, -0.15) is 0 Å². The summed E-state index contributed by atoms with van der Waals surface area (Å²) >= 11 is 0. The van der Waals surface area contributed by atoms with Crippen LogP contribution in [0.2, 0.25) is 0 Å². The van der Waals surface area contributed by atoms with Crippen molar-refractivity contribution in [3.8, 4) is 0 Å². The molecule has 0 bridgehead atoms. The molecule has 0 amide bonds. The van der Waals surface area contributed by atoms with Crippen LogP contribution in [-0.4, -0.2) is 37.5 Å². The van der Waals surface area contributed by atoms with Crippen molar-refractivity contribution in [2.24, 2.45) is 5.92 Å². The molecule has 0 aromatic carbocycles. The van der Waals surface area contributed by atoms with E-state index in [2.05, 4.69) is 5.32 Å². The molecule has 0 saturated heterocycles. The van der Waals surface area contributed by atoms with Gasteiger partial charge in [0.15, 0.2) is 0 Å². The lowest BCUT2D eigenvalue weighted by Crippen LogP contribution is -2.40. The third kappa shape index (κ3) is 4.96. The Hall–Kier alpha value is -0.120. The van der Waals surface area contributed by atoms with E-state index in [1.54, 1.807) is 0 Å². The van der Waals surface area contributed by atoms with E-state index in [1.165, 1.54) is 25.7 Å². The normalized spacial score (nSPS) is 26.8. The Balaban J connectivity index is 2.07. The van der Waals surface area contributed by atoms with E-state index in [0.29, 0.717) is 18.6 Å². The number of aliphatic hydroxyl groups is 1. The summed E-state index contributed by atoms with van der Waals surface area (Å²) in [5, 5.41) is 12.8. The Morgan fingerprint density at radius 1 is 1.33 bits per heavy atom. The van der Waals surface area contributed by atoms with Gasteiger partial charge in [-0.3, -0.25) is 0 Å². The van der Waals surface area contributed by atoms with Gasteiger partial charge in [-0.1, -0.05) is 12.8 Å². The first-order valence-corrected chi connectivity index (χ1v) is 6.30. The quantitative estimate of drug-likeness (QED) is 0.633. The molecule has 0 aromatic rings. The first-order valence-electron chi connectivity index (χ1n) is 6.30. The van der Waals surface area contributed by atoms with Gasteiger partial charge in [0.1, 0.15) is 0 Å². The lowest BCUT2D eigenvalue weighted by Gasteiger charge is -2.31. The van der Waals surface area contributed by atoms with Crippen molar-refractivity contribution in [3.05, 3.63) is 0 Å². The maximum Gasteiger partial charge on any atom is 0.0477 e. The molecular weight excluding hydrogens is 190 g/mol. The molecule has 1 aliphatic rings. The maximum atomic E-state index is 9.24. The zero-order valence-electron chi connectivity index (χ0n) is 9.87. The highest BCUT2D eigenvalue weighted by Gasteiger charge is 2.23. The highest BCUT2D eigenvalue weighted by Crippen LogP contribution is 2.23. The van der Waals surface area contributed by atoms with Crippen LogP contribution in [0.5, 0.6) is 0 Å². The highest BCUT2D eigenvalue weighted by molar-refractivity contribution is 4.80. The van der Waals surface area contributed by atoms with Crippen LogP contribution < -0.4 is 5.32 Å². The van der Waals surface area contributed by atoms with Crippen LogP contribution in [-0.2, 0) is 4.74 Å². The van der Waals surface area contributed by atoms with Crippen molar-refractivity contribution in [1.82, 2.24) is 5.32 Å². The number of hydrogen-bond donors (Lipinski definition) is 2. The molecule has 2 N–H and O–H groups in total. The molecule has 0 heterocycles.